The Hall–Kier alpha value is -1.39. The Morgan fingerprint density at radius 3 is 2.78 bits per heavy atom. The summed E-state index contributed by atoms with van der Waals surface area (Å²) in [5.41, 5.74) is 8.56. The molecule has 2 aromatic rings. The SMILES string of the molecule is Cn1c2c(sc1=O)CC(N)(c1ccccc1)CC2. The zero-order chi connectivity index (χ0) is 12.8. The fourth-order valence-electron chi connectivity index (χ4n) is 2.71. The lowest BCUT2D eigenvalue weighted by Crippen LogP contribution is -2.42. The van der Waals surface area contributed by atoms with Crippen LogP contribution in [0.1, 0.15) is 22.6 Å². The van der Waals surface area contributed by atoms with E-state index in [1.165, 1.54) is 22.6 Å². The molecule has 1 aliphatic carbocycles. The van der Waals surface area contributed by atoms with Gasteiger partial charge >= 0.3 is 4.87 Å². The van der Waals surface area contributed by atoms with E-state index in [1.54, 1.807) is 4.57 Å². The third kappa shape index (κ3) is 1.72. The lowest BCUT2D eigenvalue weighted by Gasteiger charge is -2.33. The Morgan fingerprint density at radius 2 is 2.06 bits per heavy atom. The third-order valence-corrected chi connectivity index (χ3v) is 4.92. The van der Waals surface area contributed by atoms with E-state index >= 15 is 0 Å². The van der Waals surface area contributed by atoms with E-state index < -0.39 is 0 Å². The quantitative estimate of drug-likeness (QED) is 0.850. The summed E-state index contributed by atoms with van der Waals surface area (Å²) in [6.07, 6.45) is 2.55. The summed E-state index contributed by atoms with van der Waals surface area (Å²) in [4.78, 5) is 13.0. The number of hydrogen-bond acceptors (Lipinski definition) is 3. The average molecular weight is 260 g/mol. The van der Waals surface area contributed by atoms with E-state index in [1.807, 2.05) is 25.2 Å². The van der Waals surface area contributed by atoms with Crippen molar-refractivity contribution in [2.24, 2.45) is 12.8 Å². The van der Waals surface area contributed by atoms with Crippen LogP contribution in [0.3, 0.4) is 0 Å². The Balaban J connectivity index is 2.02. The zero-order valence-corrected chi connectivity index (χ0v) is 11.2. The molecule has 0 amide bonds. The Labute approximate surface area is 110 Å². The molecule has 3 nitrogen and oxygen atoms in total. The van der Waals surface area contributed by atoms with Gasteiger partial charge < -0.3 is 10.3 Å². The van der Waals surface area contributed by atoms with Crippen LogP contribution in [0.5, 0.6) is 0 Å². The minimum Gasteiger partial charge on any atom is -0.321 e. The standard InChI is InChI=1S/C14H16N2OS/c1-16-11-7-8-14(15,9-12(11)18-13(16)17)10-5-3-2-4-6-10/h2-6H,7-9,15H2,1H3. The number of aromatic nitrogens is 1. The van der Waals surface area contributed by atoms with Crippen LogP contribution in [0, 0.1) is 0 Å². The number of fused-ring (bicyclic) bond motifs is 1. The lowest BCUT2D eigenvalue weighted by molar-refractivity contribution is 0.382. The van der Waals surface area contributed by atoms with Crippen LogP contribution < -0.4 is 10.6 Å². The summed E-state index contributed by atoms with van der Waals surface area (Å²) in [5.74, 6) is 0. The third-order valence-electron chi connectivity index (χ3n) is 3.84. The van der Waals surface area contributed by atoms with Gasteiger partial charge in [-0.25, -0.2) is 0 Å². The molecule has 1 unspecified atom stereocenters. The molecule has 2 N–H and O–H groups in total. The molecule has 0 saturated carbocycles. The van der Waals surface area contributed by atoms with Crippen molar-refractivity contribution in [2.75, 3.05) is 0 Å². The molecule has 0 fully saturated rings. The number of nitrogens with two attached hydrogens (primary N) is 1. The summed E-state index contributed by atoms with van der Waals surface area (Å²) >= 11 is 1.34. The van der Waals surface area contributed by atoms with Gasteiger partial charge in [-0.2, -0.15) is 0 Å². The topological polar surface area (TPSA) is 48.0 Å². The number of hydrogen-bond donors (Lipinski definition) is 1. The molecule has 94 valence electrons. The van der Waals surface area contributed by atoms with Gasteiger partial charge in [-0.15, -0.1) is 0 Å². The highest BCUT2D eigenvalue weighted by molar-refractivity contribution is 7.09. The number of rotatable bonds is 1. The van der Waals surface area contributed by atoms with Gasteiger partial charge in [0.25, 0.3) is 0 Å². The molecule has 1 aromatic carbocycles. The largest absolute Gasteiger partial charge is 0.321 e. The first-order chi connectivity index (χ1) is 8.60. The van der Waals surface area contributed by atoms with Crippen LogP contribution in [0.15, 0.2) is 35.1 Å². The molecular weight excluding hydrogens is 244 g/mol. The van der Waals surface area contributed by atoms with Crippen LogP contribution in [-0.4, -0.2) is 4.57 Å². The smallest absolute Gasteiger partial charge is 0.307 e. The summed E-state index contributed by atoms with van der Waals surface area (Å²) in [5, 5.41) is 0. The molecule has 4 heteroatoms. The van der Waals surface area contributed by atoms with Crippen LogP contribution in [0.2, 0.25) is 0 Å². The molecule has 1 heterocycles. The number of benzene rings is 1. The molecule has 1 aliphatic rings. The van der Waals surface area contributed by atoms with Gasteiger partial charge in [0.15, 0.2) is 0 Å². The first-order valence-electron chi connectivity index (χ1n) is 6.12. The van der Waals surface area contributed by atoms with Crippen molar-refractivity contribution < 1.29 is 0 Å². The monoisotopic (exact) mass is 260 g/mol. The second-order valence-corrected chi connectivity index (χ2v) is 6.04. The van der Waals surface area contributed by atoms with E-state index in [0.29, 0.717) is 0 Å². The fraction of sp³-hybridized carbons (Fsp3) is 0.357. The molecule has 0 bridgehead atoms. The van der Waals surface area contributed by atoms with Gasteiger partial charge in [-0.3, -0.25) is 4.79 Å². The molecule has 1 atom stereocenters. The fourth-order valence-corrected chi connectivity index (χ4v) is 3.85. The van der Waals surface area contributed by atoms with Crippen molar-refractivity contribution in [3.63, 3.8) is 0 Å². The highest BCUT2D eigenvalue weighted by atomic mass is 32.1. The number of nitrogens with zero attached hydrogens (tertiary/aromatic N) is 1. The summed E-state index contributed by atoms with van der Waals surface area (Å²) in [7, 11) is 1.85. The van der Waals surface area contributed by atoms with Crippen LogP contribution in [-0.2, 0) is 25.4 Å². The molecule has 18 heavy (non-hydrogen) atoms. The highest BCUT2D eigenvalue weighted by Crippen LogP contribution is 2.35. The van der Waals surface area contributed by atoms with Crippen LogP contribution in [0.4, 0.5) is 0 Å². The molecule has 1 aromatic heterocycles. The normalized spacial score (nSPS) is 22.8. The van der Waals surface area contributed by atoms with E-state index in [4.69, 9.17) is 5.73 Å². The van der Waals surface area contributed by atoms with Gasteiger partial charge in [0.1, 0.15) is 0 Å². The van der Waals surface area contributed by atoms with Crippen molar-refractivity contribution in [1.82, 2.24) is 4.57 Å². The molecule has 0 radical (unpaired) electrons. The summed E-state index contributed by atoms with van der Waals surface area (Å²) < 4.78 is 1.77. The summed E-state index contributed by atoms with van der Waals surface area (Å²) in [6.45, 7) is 0. The van der Waals surface area contributed by atoms with Gasteiger partial charge in [0.2, 0.25) is 0 Å². The van der Waals surface area contributed by atoms with E-state index in [-0.39, 0.29) is 10.4 Å². The molecule has 0 aliphatic heterocycles. The van der Waals surface area contributed by atoms with Crippen molar-refractivity contribution in [2.45, 2.75) is 24.8 Å². The predicted molar refractivity (Wildman–Crippen MR) is 73.9 cm³/mol. The van der Waals surface area contributed by atoms with Gasteiger partial charge in [-0.1, -0.05) is 41.7 Å². The average Bonchev–Trinajstić information content (AvgIpc) is 2.65. The first kappa shape index (κ1) is 11.7. The second kappa shape index (κ2) is 4.07. The van der Waals surface area contributed by atoms with E-state index in [0.717, 1.165) is 24.1 Å². The highest BCUT2D eigenvalue weighted by Gasteiger charge is 2.34. The molecule has 0 saturated heterocycles. The van der Waals surface area contributed by atoms with Gasteiger partial charge in [0.05, 0.1) is 0 Å². The maximum Gasteiger partial charge on any atom is 0.307 e. The molecule has 3 rings (SSSR count). The van der Waals surface area contributed by atoms with Crippen molar-refractivity contribution >= 4 is 11.3 Å². The van der Waals surface area contributed by atoms with Crippen LogP contribution in [0.25, 0.3) is 0 Å². The maximum absolute atomic E-state index is 11.7. The van der Waals surface area contributed by atoms with Gasteiger partial charge in [0, 0.05) is 29.6 Å². The van der Waals surface area contributed by atoms with E-state index in [9.17, 15) is 4.79 Å². The first-order valence-corrected chi connectivity index (χ1v) is 6.94. The van der Waals surface area contributed by atoms with Crippen molar-refractivity contribution in [1.29, 1.82) is 0 Å². The second-order valence-electron chi connectivity index (χ2n) is 5.00. The van der Waals surface area contributed by atoms with Gasteiger partial charge in [-0.05, 0) is 18.4 Å². The summed E-state index contributed by atoms with van der Waals surface area (Å²) in [6, 6.07) is 10.2. The molecule has 0 spiro atoms. The predicted octanol–water partition coefficient (Wildman–Crippen LogP) is 1.79. The Kier molecular flexibility index (Phi) is 2.64. The van der Waals surface area contributed by atoms with Crippen LogP contribution >= 0.6 is 11.3 Å². The minimum atomic E-state index is -0.321. The zero-order valence-electron chi connectivity index (χ0n) is 10.3. The Morgan fingerprint density at radius 1 is 1.33 bits per heavy atom. The number of thiazole rings is 1. The Bertz CT molecular complexity index is 629. The van der Waals surface area contributed by atoms with E-state index in [2.05, 4.69) is 12.1 Å². The van der Waals surface area contributed by atoms with Crippen molar-refractivity contribution in [3.8, 4) is 0 Å². The minimum absolute atomic E-state index is 0.123. The van der Waals surface area contributed by atoms with Crippen molar-refractivity contribution in [3.05, 3.63) is 56.1 Å². The molecular formula is C14H16N2OS. The lowest BCUT2D eigenvalue weighted by atomic mass is 9.78. The maximum atomic E-state index is 11.7.